The Hall–Kier alpha value is -2.06. The highest BCUT2D eigenvalue weighted by Gasteiger charge is 2.19. The summed E-state index contributed by atoms with van der Waals surface area (Å²) in [4.78, 5) is 0. The molecule has 1 aliphatic carbocycles. The molecule has 21 heavy (non-hydrogen) atoms. The van der Waals surface area contributed by atoms with Crippen molar-refractivity contribution < 1.29 is 4.74 Å². The summed E-state index contributed by atoms with van der Waals surface area (Å²) < 4.78 is 5.26. The van der Waals surface area contributed by atoms with Gasteiger partial charge in [0, 0.05) is 6.04 Å². The van der Waals surface area contributed by atoms with Crippen molar-refractivity contribution >= 4 is 0 Å². The summed E-state index contributed by atoms with van der Waals surface area (Å²) in [6.07, 6.45) is 6.74. The zero-order valence-corrected chi connectivity index (χ0v) is 12.3. The van der Waals surface area contributed by atoms with Gasteiger partial charge in [-0.15, -0.1) is 0 Å². The monoisotopic (exact) mass is 279 g/mol. The molecule has 0 saturated heterocycles. The lowest BCUT2D eigenvalue weighted by Crippen LogP contribution is -2.31. The first kappa shape index (κ1) is 13.9. The highest BCUT2D eigenvalue weighted by atomic mass is 16.5. The molecule has 2 heteroatoms. The first-order valence-corrected chi connectivity index (χ1v) is 7.47. The summed E-state index contributed by atoms with van der Waals surface area (Å²) in [6, 6.07) is 19.7. The van der Waals surface area contributed by atoms with E-state index in [1.165, 1.54) is 11.1 Å². The molecule has 0 amide bonds. The van der Waals surface area contributed by atoms with Crippen LogP contribution in [-0.2, 0) is 0 Å². The largest absolute Gasteiger partial charge is 0.497 e. The van der Waals surface area contributed by atoms with Crippen LogP contribution in [0.3, 0.4) is 0 Å². The highest BCUT2D eigenvalue weighted by Crippen LogP contribution is 2.26. The van der Waals surface area contributed by atoms with Crippen LogP contribution < -0.4 is 10.1 Å². The quantitative estimate of drug-likeness (QED) is 0.832. The van der Waals surface area contributed by atoms with Gasteiger partial charge in [-0.1, -0.05) is 54.6 Å². The Kier molecular flexibility index (Phi) is 4.37. The van der Waals surface area contributed by atoms with Crippen LogP contribution in [0.1, 0.15) is 30.0 Å². The van der Waals surface area contributed by atoms with Gasteiger partial charge in [-0.05, 0) is 36.1 Å². The lowest BCUT2D eigenvalue weighted by Gasteiger charge is -2.24. The Morgan fingerprint density at radius 2 is 1.52 bits per heavy atom. The Bertz CT molecular complexity index is 581. The topological polar surface area (TPSA) is 21.3 Å². The van der Waals surface area contributed by atoms with Crippen molar-refractivity contribution in [1.29, 1.82) is 0 Å². The van der Waals surface area contributed by atoms with E-state index in [-0.39, 0.29) is 6.04 Å². The van der Waals surface area contributed by atoms with Crippen LogP contribution in [0.25, 0.3) is 0 Å². The number of methoxy groups -OCH3 is 1. The maximum Gasteiger partial charge on any atom is 0.118 e. The lowest BCUT2D eigenvalue weighted by atomic mass is 9.97. The van der Waals surface area contributed by atoms with Gasteiger partial charge in [-0.3, -0.25) is 0 Å². The molecule has 3 rings (SSSR count). The van der Waals surface area contributed by atoms with Crippen molar-refractivity contribution in [2.75, 3.05) is 7.11 Å². The minimum atomic E-state index is 0.224. The molecule has 0 spiro atoms. The van der Waals surface area contributed by atoms with E-state index in [2.05, 4.69) is 59.9 Å². The molecule has 2 aromatic rings. The van der Waals surface area contributed by atoms with Gasteiger partial charge in [0.05, 0.1) is 13.2 Å². The SMILES string of the molecule is COc1ccc(C(NC2CC=CC2)c2ccccc2)cc1. The number of nitrogens with one attached hydrogen (secondary N) is 1. The van der Waals surface area contributed by atoms with Gasteiger partial charge in [0.2, 0.25) is 0 Å². The summed E-state index contributed by atoms with van der Waals surface area (Å²) in [5.74, 6) is 0.896. The van der Waals surface area contributed by atoms with E-state index in [1.54, 1.807) is 7.11 Å². The van der Waals surface area contributed by atoms with E-state index in [9.17, 15) is 0 Å². The molecule has 0 saturated carbocycles. The molecule has 0 bridgehead atoms. The van der Waals surface area contributed by atoms with Gasteiger partial charge in [-0.2, -0.15) is 0 Å². The number of ether oxygens (including phenoxy) is 1. The standard InChI is InChI=1S/C19H21NO/c1-21-18-13-11-16(12-14-18)19(15-7-3-2-4-8-15)20-17-9-5-6-10-17/h2-8,11-14,17,19-20H,9-10H2,1H3. The molecule has 0 heterocycles. The second kappa shape index (κ2) is 6.59. The van der Waals surface area contributed by atoms with Crippen LogP contribution in [0, 0.1) is 0 Å². The van der Waals surface area contributed by atoms with Crippen LogP contribution in [-0.4, -0.2) is 13.2 Å². The molecule has 0 aromatic heterocycles. The summed E-state index contributed by atoms with van der Waals surface area (Å²) in [5.41, 5.74) is 2.57. The molecule has 0 radical (unpaired) electrons. The highest BCUT2D eigenvalue weighted by molar-refractivity contribution is 5.35. The average molecular weight is 279 g/mol. The van der Waals surface area contributed by atoms with E-state index >= 15 is 0 Å². The van der Waals surface area contributed by atoms with E-state index in [0.717, 1.165) is 18.6 Å². The molecular weight excluding hydrogens is 258 g/mol. The summed E-state index contributed by atoms with van der Waals surface area (Å²) in [7, 11) is 1.70. The zero-order chi connectivity index (χ0) is 14.5. The summed E-state index contributed by atoms with van der Waals surface area (Å²) in [6.45, 7) is 0. The third-order valence-electron chi connectivity index (χ3n) is 3.99. The molecule has 1 atom stereocenters. The maximum absolute atomic E-state index is 5.26. The first-order chi connectivity index (χ1) is 10.4. The van der Waals surface area contributed by atoms with Crippen molar-refractivity contribution in [3.8, 4) is 5.75 Å². The molecule has 0 fully saturated rings. The predicted octanol–water partition coefficient (Wildman–Crippen LogP) is 4.09. The van der Waals surface area contributed by atoms with E-state index in [1.807, 2.05) is 12.1 Å². The molecule has 0 aliphatic heterocycles. The normalized spacial score (nSPS) is 16.0. The summed E-state index contributed by atoms with van der Waals surface area (Å²) in [5, 5.41) is 3.78. The second-order valence-electron chi connectivity index (χ2n) is 5.42. The van der Waals surface area contributed by atoms with Crippen LogP contribution in [0.5, 0.6) is 5.75 Å². The van der Waals surface area contributed by atoms with Gasteiger partial charge < -0.3 is 10.1 Å². The smallest absolute Gasteiger partial charge is 0.118 e. The second-order valence-corrected chi connectivity index (χ2v) is 5.42. The number of benzene rings is 2. The molecular formula is C19H21NO. The Morgan fingerprint density at radius 1 is 0.905 bits per heavy atom. The van der Waals surface area contributed by atoms with Crippen LogP contribution in [0.15, 0.2) is 66.7 Å². The Morgan fingerprint density at radius 3 is 2.14 bits per heavy atom. The summed E-state index contributed by atoms with van der Waals surface area (Å²) >= 11 is 0. The van der Waals surface area contributed by atoms with E-state index in [4.69, 9.17) is 4.74 Å². The minimum Gasteiger partial charge on any atom is -0.497 e. The fraction of sp³-hybridized carbons (Fsp3) is 0.263. The third-order valence-corrected chi connectivity index (χ3v) is 3.99. The molecule has 2 nitrogen and oxygen atoms in total. The number of hydrogen-bond acceptors (Lipinski definition) is 2. The van der Waals surface area contributed by atoms with Crippen LogP contribution >= 0.6 is 0 Å². The lowest BCUT2D eigenvalue weighted by molar-refractivity contribution is 0.414. The molecule has 1 aliphatic rings. The maximum atomic E-state index is 5.26. The van der Waals surface area contributed by atoms with Crippen LogP contribution in [0.2, 0.25) is 0 Å². The average Bonchev–Trinajstić information content (AvgIpc) is 3.07. The number of rotatable bonds is 5. The molecule has 2 aromatic carbocycles. The fourth-order valence-electron chi connectivity index (χ4n) is 2.82. The van der Waals surface area contributed by atoms with E-state index in [0.29, 0.717) is 6.04 Å². The Labute approximate surface area is 126 Å². The third kappa shape index (κ3) is 3.34. The van der Waals surface area contributed by atoms with Gasteiger partial charge in [0.15, 0.2) is 0 Å². The van der Waals surface area contributed by atoms with Gasteiger partial charge in [-0.25, -0.2) is 0 Å². The van der Waals surface area contributed by atoms with Gasteiger partial charge in [0.1, 0.15) is 5.75 Å². The van der Waals surface area contributed by atoms with Crippen molar-refractivity contribution in [3.63, 3.8) is 0 Å². The molecule has 1 N–H and O–H groups in total. The van der Waals surface area contributed by atoms with Crippen molar-refractivity contribution in [2.24, 2.45) is 0 Å². The first-order valence-electron chi connectivity index (χ1n) is 7.47. The molecule has 108 valence electrons. The van der Waals surface area contributed by atoms with Crippen molar-refractivity contribution in [1.82, 2.24) is 5.32 Å². The minimum absolute atomic E-state index is 0.224. The van der Waals surface area contributed by atoms with Gasteiger partial charge in [0.25, 0.3) is 0 Å². The van der Waals surface area contributed by atoms with Crippen molar-refractivity contribution in [3.05, 3.63) is 77.9 Å². The van der Waals surface area contributed by atoms with E-state index < -0.39 is 0 Å². The fourth-order valence-corrected chi connectivity index (χ4v) is 2.82. The zero-order valence-electron chi connectivity index (χ0n) is 12.3. The van der Waals surface area contributed by atoms with Crippen molar-refractivity contribution in [2.45, 2.75) is 24.9 Å². The van der Waals surface area contributed by atoms with Gasteiger partial charge >= 0.3 is 0 Å². The van der Waals surface area contributed by atoms with Crippen LogP contribution in [0.4, 0.5) is 0 Å². The predicted molar refractivity (Wildman–Crippen MR) is 86.6 cm³/mol. The Balaban J connectivity index is 1.86. The number of hydrogen-bond donors (Lipinski definition) is 1. The molecule has 1 unspecified atom stereocenters.